The van der Waals surface area contributed by atoms with Crippen LogP contribution in [0.25, 0.3) is 11.0 Å². The molecule has 0 unspecified atom stereocenters. The predicted octanol–water partition coefficient (Wildman–Crippen LogP) is 3.25. The SMILES string of the molecule is C=CCn1c(CNCc2ccc3c(c2)OCO3)nc2cc(OC)ccc21. The van der Waals surface area contributed by atoms with Gasteiger partial charge in [-0.25, -0.2) is 4.98 Å². The fourth-order valence-electron chi connectivity index (χ4n) is 3.12. The lowest BCUT2D eigenvalue weighted by Crippen LogP contribution is -2.16. The number of benzene rings is 2. The summed E-state index contributed by atoms with van der Waals surface area (Å²) < 4.78 is 18.2. The lowest BCUT2D eigenvalue weighted by atomic mass is 10.2. The Kier molecular flexibility index (Phi) is 4.50. The van der Waals surface area contributed by atoms with E-state index in [0.717, 1.165) is 46.2 Å². The second kappa shape index (κ2) is 7.09. The van der Waals surface area contributed by atoms with E-state index in [0.29, 0.717) is 19.9 Å². The lowest BCUT2D eigenvalue weighted by molar-refractivity contribution is 0.174. The first-order chi connectivity index (χ1) is 12.8. The number of nitrogens with one attached hydrogen (secondary N) is 1. The fraction of sp³-hybridized carbons (Fsp3) is 0.250. The number of fused-ring (bicyclic) bond motifs is 2. The quantitative estimate of drug-likeness (QED) is 0.662. The van der Waals surface area contributed by atoms with Gasteiger partial charge in [0.25, 0.3) is 0 Å². The van der Waals surface area contributed by atoms with Crippen LogP contribution in [0.15, 0.2) is 49.1 Å². The van der Waals surface area contributed by atoms with Crippen molar-refractivity contribution in [1.82, 2.24) is 14.9 Å². The van der Waals surface area contributed by atoms with E-state index in [-0.39, 0.29) is 0 Å². The Bertz CT molecular complexity index is 949. The lowest BCUT2D eigenvalue weighted by Gasteiger charge is -2.08. The molecule has 6 heteroatoms. The molecule has 1 aliphatic heterocycles. The Morgan fingerprint density at radius 2 is 2.08 bits per heavy atom. The Labute approximate surface area is 152 Å². The number of aromatic nitrogens is 2. The van der Waals surface area contributed by atoms with Crippen LogP contribution < -0.4 is 19.5 Å². The van der Waals surface area contributed by atoms with Gasteiger partial charge in [0.2, 0.25) is 6.79 Å². The van der Waals surface area contributed by atoms with Crippen molar-refractivity contribution in [3.63, 3.8) is 0 Å². The van der Waals surface area contributed by atoms with Crippen LogP contribution in [0.5, 0.6) is 17.2 Å². The van der Waals surface area contributed by atoms with Crippen LogP contribution in [0.1, 0.15) is 11.4 Å². The highest BCUT2D eigenvalue weighted by molar-refractivity contribution is 5.78. The predicted molar refractivity (Wildman–Crippen MR) is 99.6 cm³/mol. The van der Waals surface area contributed by atoms with Crippen molar-refractivity contribution in [2.75, 3.05) is 13.9 Å². The zero-order valence-corrected chi connectivity index (χ0v) is 14.7. The molecular formula is C20H21N3O3. The zero-order valence-electron chi connectivity index (χ0n) is 14.7. The summed E-state index contributed by atoms with van der Waals surface area (Å²) in [4.78, 5) is 4.76. The van der Waals surface area contributed by atoms with E-state index in [1.165, 1.54) is 0 Å². The Morgan fingerprint density at radius 1 is 1.19 bits per heavy atom. The molecule has 1 N–H and O–H groups in total. The highest BCUT2D eigenvalue weighted by atomic mass is 16.7. The summed E-state index contributed by atoms with van der Waals surface area (Å²) >= 11 is 0. The molecule has 0 radical (unpaired) electrons. The number of imidazole rings is 1. The van der Waals surface area contributed by atoms with Crippen molar-refractivity contribution in [3.05, 3.63) is 60.4 Å². The van der Waals surface area contributed by atoms with Gasteiger partial charge in [-0.3, -0.25) is 0 Å². The van der Waals surface area contributed by atoms with Crippen LogP contribution in [0.2, 0.25) is 0 Å². The molecule has 134 valence electrons. The van der Waals surface area contributed by atoms with E-state index in [2.05, 4.69) is 16.5 Å². The standard InChI is InChI=1S/C20H21N3O3/c1-3-8-23-17-6-5-15(24-2)10-16(17)22-20(23)12-21-11-14-4-7-18-19(9-14)26-13-25-18/h3-7,9-10,21H,1,8,11-13H2,2H3. The van der Waals surface area contributed by atoms with Gasteiger partial charge in [-0.1, -0.05) is 12.1 Å². The maximum Gasteiger partial charge on any atom is 0.231 e. The van der Waals surface area contributed by atoms with Crippen molar-refractivity contribution in [2.24, 2.45) is 0 Å². The maximum absolute atomic E-state index is 5.43. The minimum atomic E-state index is 0.293. The fourth-order valence-corrected chi connectivity index (χ4v) is 3.12. The summed E-state index contributed by atoms with van der Waals surface area (Å²) in [7, 11) is 1.66. The highest BCUT2D eigenvalue weighted by Crippen LogP contribution is 2.32. The summed E-state index contributed by atoms with van der Waals surface area (Å²) in [5.41, 5.74) is 3.14. The first-order valence-corrected chi connectivity index (χ1v) is 8.52. The monoisotopic (exact) mass is 351 g/mol. The third-order valence-corrected chi connectivity index (χ3v) is 4.40. The molecule has 0 bridgehead atoms. The molecular weight excluding hydrogens is 330 g/mol. The van der Waals surface area contributed by atoms with Gasteiger partial charge in [-0.2, -0.15) is 0 Å². The molecule has 6 nitrogen and oxygen atoms in total. The number of nitrogens with zero attached hydrogens (tertiary/aromatic N) is 2. The second-order valence-electron chi connectivity index (χ2n) is 6.07. The molecule has 0 aliphatic carbocycles. The van der Waals surface area contributed by atoms with Gasteiger partial charge in [0, 0.05) is 19.2 Å². The highest BCUT2D eigenvalue weighted by Gasteiger charge is 2.14. The first kappa shape index (κ1) is 16.5. The molecule has 0 amide bonds. The zero-order chi connectivity index (χ0) is 17.9. The maximum atomic E-state index is 5.43. The van der Waals surface area contributed by atoms with E-state index in [1.54, 1.807) is 7.11 Å². The summed E-state index contributed by atoms with van der Waals surface area (Å²) in [6.07, 6.45) is 1.88. The van der Waals surface area contributed by atoms with Crippen molar-refractivity contribution < 1.29 is 14.2 Å². The third-order valence-electron chi connectivity index (χ3n) is 4.40. The molecule has 0 saturated carbocycles. The molecule has 4 rings (SSSR count). The number of allylic oxidation sites excluding steroid dienone is 1. The molecule has 0 spiro atoms. The third kappa shape index (κ3) is 3.11. The van der Waals surface area contributed by atoms with Crippen LogP contribution in [0, 0.1) is 0 Å². The van der Waals surface area contributed by atoms with Crippen LogP contribution in [0.3, 0.4) is 0 Å². The van der Waals surface area contributed by atoms with Gasteiger partial charge >= 0.3 is 0 Å². The van der Waals surface area contributed by atoms with E-state index in [1.807, 2.05) is 42.5 Å². The van der Waals surface area contributed by atoms with Gasteiger partial charge in [0.15, 0.2) is 11.5 Å². The van der Waals surface area contributed by atoms with Crippen molar-refractivity contribution in [3.8, 4) is 17.2 Å². The molecule has 3 aromatic rings. The number of ether oxygens (including phenoxy) is 3. The average Bonchev–Trinajstić information content (AvgIpc) is 3.26. The van der Waals surface area contributed by atoms with E-state index in [9.17, 15) is 0 Å². The van der Waals surface area contributed by atoms with Crippen molar-refractivity contribution >= 4 is 11.0 Å². The van der Waals surface area contributed by atoms with Crippen LogP contribution in [0.4, 0.5) is 0 Å². The number of rotatable bonds is 7. The van der Waals surface area contributed by atoms with E-state index < -0.39 is 0 Å². The molecule has 2 aromatic carbocycles. The van der Waals surface area contributed by atoms with Crippen molar-refractivity contribution in [2.45, 2.75) is 19.6 Å². The number of methoxy groups -OCH3 is 1. The molecule has 1 aliphatic rings. The number of hydrogen-bond acceptors (Lipinski definition) is 5. The smallest absolute Gasteiger partial charge is 0.231 e. The van der Waals surface area contributed by atoms with Gasteiger partial charge in [0.05, 0.1) is 24.7 Å². The minimum absolute atomic E-state index is 0.293. The minimum Gasteiger partial charge on any atom is -0.497 e. The summed E-state index contributed by atoms with van der Waals surface area (Å²) in [5, 5.41) is 3.45. The summed E-state index contributed by atoms with van der Waals surface area (Å²) in [5.74, 6) is 3.38. The van der Waals surface area contributed by atoms with Crippen LogP contribution in [-0.2, 0) is 19.6 Å². The average molecular weight is 351 g/mol. The van der Waals surface area contributed by atoms with Gasteiger partial charge in [0.1, 0.15) is 11.6 Å². The van der Waals surface area contributed by atoms with E-state index in [4.69, 9.17) is 19.2 Å². The topological polar surface area (TPSA) is 57.5 Å². The Hall–Kier alpha value is -2.99. The normalized spacial score (nSPS) is 12.5. The van der Waals surface area contributed by atoms with Crippen molar-refractivity contribution in [1.29, 1.82) is 0 Å². The summed E-state index contributed by atoms with van der Waals surface area (Å²) in [6.45, 7) is 6.24. The number of hydrogen-bond donors (Lipinski definition) is 1. The van der Waals surface area contributed by atoms with Gasteiger partial charge in [-0.05, 0) is 29.8 Å². The van der Waals surface area contributed by atoms with Gasteiger partial charge in [-0.15, -0.1) is 6.58 Å². The van der Waals surface area contributed by atoms with Gasteiger partial charge < -0.3 is 24.1 Å². The molecule has 1 aromatic heterocycles. The van der Waals surface area contributed by atoms with Crippen LogP contribution in [-0.4, -0.2) is 23.5 Å². The van der Waals surface area contributed by atoms with Crippen LogP contribution >= 0.6 is 0 Å². The van der Waals surface area contributed by atoms with E-state index >= 15 is 0 Å². The largest absolute Gasteiger partial charge is 0.497 e. The Balaban J connectivity index is 1.51. The Morgan fingerprint density at radius 3 is 2.92 bits per heavy atom. The molecule has 0 fully saturated rings. The summed E-state index contributed by atoms with van der Waals surface area (Å²) in [6, 6.07) is 11.9. The first-order valence-electron chi connectivity index (χ1n) is 8.52. The molecule has 2 heterocycles. The molecule has 0 saturated heterocycles. The molecule has 0 atom stereocenters. The molecule has 26 heavy (non-hydrogen) atoms. The second-order valence-corrected chi connectivity index (χ2v) is 6.07.